The minimum absolute atomic E-state index is 0.0553. The number of terminal acetylenes is 1. The number of carbonyl (C=O) groups excluding carboxylic acids is 3. The van der Waals surface area contributed by atoms with Crippen molar-refractivity contribution in [3.63, 3.8) is 0 Å². The summed E-state index contributed by atoms with van der Waals surface area (Å²) in [5, 5.41) is 2.84. The zero-order valence-electron chi connectivity index (χ0n) is 19.7. The lowest BCUT2D eigenvalue weighted by atomic mass is 10.1. The summed E-state index contributed by atoms with van der Waals surface area (Å²) < 4.78 is 16.5. The van der Waals surface area contributed by atoms with Crippen LogP contribution in [0.1, 0.15) is 11.1 Å². The van der Waals surface area contributed by atoms with Crippen LogP contribution in [-0.4, -0.2) is 31.6 Å². The van der Waals surface area contributed by atoms with Gasteiger partial charge >= 0.3 is 6.03 Å². The van der Waals surface area contributed by atoms with Crippen molar-refractivity contribution in [3.8, 4) is 29.6 Å². The van der Waals surface area contributed by atoms with Gasteiger partial charge in [0.1, 0.15) is 24.5 Å². The van der Waals surface area contributed by atoms with E-state index in [4.69, 9.17) is 32.2 Å². The molecule has 0 radical (unpaired) electrons. The van der Waals surface area contributed by atoms with Crippen LogP contribution in [0.4, 0.5) is 10.5 Å². The minimum Gasteiger partial charge on any atom is -0.493 e. The van der Waals surface area contributed by atoms with Gasteiger partial charge in [0, 0.05) is 5.02 Å². The van der Waals surface area contributed by atoms with Gasteiger partial charge in [-0.25, -0.2) is 9.69 Å². The van der Waals surface area contributed by atoms with E-state index >= 15 is 0 Å². The Morgan fingerprint density at radius 3 is 2.38 bits per heavy atom. The van der Waals surface area contributed by atoms with Crippen molar-refractivity contribution in [2.75, 3.05) is 18.6 Å². The molecular formula is C28H21ClN2O6. The first-order valence-electron chi connectivity index (χ1n) is 11.0. The van der Waals surface area contributed by atoms with Crippen LogP contribution in [0.3, 0.4) is 0 Å². The van der Waals surface area contributed by atoms with Crippen LogP contribution in [0.2, 0.25) is 5.02 Å². The zero-order chi connectivity index (χ0) is 26.4. The molecule has 4 rings (SSSR count). The molecule has 0 spiro atoms. The van der Waals surface area contributed by atoms with E-state index in [1.807, 2.05) is 12.1 Å². The zero-order valence-corrected chi connectivity index (χ0v) is 20.5. The topological polar surface area (TPSA) is 94.2 Å². The largest absolute Gasteiger partial charge is 0.493 e. The number of barbiturate groups is 1. The smallest absolute Gasteiger partial charge is 0.335 e. The second-order valence-corrected chi connectivity index (χ2v) is 8.21. The Labute approximate surface area is 218 Å². The number of halogens is 1. The Morgan fingerprint density at radius 1 is 0.973 bits per heavy atom. The minimum atomic E-state index is -0.849. The van der Waals surface area contributed by atoms with Gasteiger partial charge in [-0.05, 0) is 65.7 Å². The molecule has 0 aliphatic carbocycles. The lowest BCUT2D eigenvalue weighted by Crippen LogP contribution is -2.54. The summed E-state index contributed by atoms with van der Waals surface area (Å²) in [6.45, 7) is 0.372. The lowest BCUT2D eigenvalue weighted by Gasteiger charge is -2.26. The van der Waals surface area contributed by atoms with Crippen LogP contribution in [0.25, 0.3) is 6.08 Å². The number of amides is 4. The van der Waals surface area contributed by atoms with Crippen LogP contribution < -0.4 is 24.4 Å². The number of nitrogens with one attached hydrogen (secondary N) is 1. The number of rotatable bonds is 8. The average molecular weight is 517 g/mol. The Morgan fingerprint density at radius 2 is 1.70 bits per heavy atom. The predicted octanol–water partition coefficient (Wildman–Crippen LogP) is 4.61. The van der Waals surface area contributed by atoms with Crippen molar-refractivity contribution in [2.45, 2.75) is 6.61 Å². The molecule has 1 aliphatic heterocycles. The summed E-state index contributed by atoms with van der Waals surface area (Å²) in [5.74, 6) is 2.12. The molecule has 3 aromatic carbocycles. The number of hydrogen-bond donors (Lipinski definition) is 1. The lowest BCUT2D eigenvalue weighted by molar-refractivity contribution is -0.122. The summed E-state index contributed by atoms with van der Waals surface area (Å²) >= 11 is 5.90. The quantitative estimate of drug-likeness (QED) is 0.267. The molecule has 0 unspecified atom stereocenters. The first kappa shape index (κ1) is 25.4. The highest BCUT2D eigenvalue weighted by Crippen LogP contribution is 2.30. The number of methoxy groups -OCH3 is 1. The fourth-order valence-electron chi connectivity index (χ4n) is 3.51. The second-order valence-electron chi connectivity index (χ2n) is 7.77. The molecule has 37 heavy (non-hydrogen) atoms. The van der Waals surface area contributed by atoms with Gasteiger partial charge in [0.25, 0.3) is 11.8 Å². The third kappa shape index (κ3) is 5.92. The van der Waals surface area contributed by atoms with Crippen molar-refractivity contribution in [1.29, 1.82) is 0 Å². The molecule has 0 aromatic heterocycles. The third-order valence-electron chi connectivity index (χ3n) is 5.33. The monoisotopic (exact) mass is 516 g/mol. The Balaban J connectivity index is 1.53. The molecule has 3 aromatic rings. The van der Waals surface area contributed by atoms with Gasteiger partial charge in [0.2, 0.25) is 0 Å². The SMILES string of the molecule is C#CCOc1ccc(/C=C2\C(=O)NC(=O)N(c3ccc(OCc4ccc(Cl)cc4)cc3)C2=O)cc1OC. The number of urea groups is 1. The predicted molar refractivity (Wildman–Crippen MR) is 139 cm³/mol. The number of ether oxygens (including phenoxy) is 3. The van der Waals surface area contributed by atoms with E-state index in [1.165, 1.54) is 13.2 Å². The van der Waals surface area contributed by atoms with E-state index in [0.29, 0.717) is 34.4 Å². The molecule has 0 bridgehead atoms. The van der Waals surface area contributed by atoms with Gasteiger partial charge in [-0.15, -0.1) is 6.42 Å². The second kappa shape index (κ2) is 11.3. The van der Waals surface area contributed by atoms with Crippen LogP contribution in [-0.2, 0) is 16.2 Å². The molecule has 186 valence electrons. The summed E-state index contributed by atoms with van der Waals surface area (Å²) in [7, 11) is 1.46. The van der Waals surface area contributed by atoms with Gasteiger partial charge in [-0.2, -0.15) is 0 Å². The van der Waals surface area contributed by atoms with Gasteiger partial charge in [0.05, 0.1) is 12.8 Å². The van der Waals surface area contributed by atoms with Crippen LogP contribution in [0, 0.1) is 12.3 Å². The maximum atomic E-state index is 13.2. The fraction of sp³-hybridized carbons (Fsp3) is 0.107. The van der Waals surface area contributed by atoms with Crippen molar-refractivity contribution >= 4 is 41.2 Å². The van der Waals surface area contributed by atoms with Crippen molar-refractivity contribution < 1.29 is 28.6 Å². The molecule has 4 amide bonds. The molecule has 0 atom stereocenters. The van der Waals surface area contributed by atoms with E-state index in [1.54, 1.807) is 54.6 Å². The Bertz CT molecular complexity index is 1410. The maximum Gasteiger partial charge on any atom is 0.335 e. The normalized spacial score (nSPS) is 14.2. The number of nitrogens with zero attached hydrogens (tertiary/aromatic N) is 1. The van der Waals surface area contributed by atoms with Gasteiger partial charge in [0.15, 0.2) is 11.5 Å². The van der Waals surface area contributed by atoms with E-state index < -0.39 is 17.8 Å². The Hall–Kier alpha value is -4.74. The highest BCUT2D eigenvalue weighted by molar-refractivity contribution is 6.39. The molecule has 9 heteroatoms. The molecule has 8 nitrogen and oxygen atoms in total. The summed E-state index contributed by atoms with van der Waals surface area (Å²) in [6, 6.07) is 17.6. The number of anilines is 1. The maximum absolute atomic E-state index is 13.2. The van der Waals surface area contributed by atoms with Gasteiger partial charge in [-0.3, -0.25) is 14.9 Å². The number of imide groups is 2. The number of carbonyl (C=O) groups is 3. The molecule has 1 saturated heterocycles. The standard InChI is InChI=1S/C28H21ClN2O6/c1-3-14-36-24-13-6-19(16-25(24)35-2)15-23-26(32)30-28(34)31(27(23)33)21-9-11-22(12-10-21)37-17-18-4-7-20(29)8-5-18/h1,4-13,15-16H,14,17H2,2H3,(H,30,32,34)/b23-15+. The molecule has 1 N–H and O–H groups in total. The van der Waals surface area contributed by atoms with Crippen molar-refractivity contribution in [2.24, 2.45) is 0 Å². The molecule has 1 heterocycles. The highest BCUT2D eigenvalue weighted by Gasteiger charge is 2.36. The molecular weight excluding hydrogens is 496 g/mol. The first-order chi connectivity index (χ1) is 17.9. The number of hydrogen-bond acceptors (Lipinski definition) is 6. The van der Waals surface area contributed by atoms with E-state index in [2.05, 4.69) is 11.2 Å². The number of benzene rings is 3. The summed E-state index contributed by atoms with van der Waals surface area (Å²) in [6.07, 6.45) is 6.59. The third-order valence-corrected chi connectivity index (χ3v) is 5.58. The molecule has 0 saturated carbocycles. The highest BCUT2D eigenvalue weighted by atomic mass is 35.5. The van der Waals surface area contributed by atoms with Gasteiger partial charge in [-0.1, -0.05) is 35.7 Å². The van der Waals surface area contributed by atoms with Crippen LogP contribution >= 0.6 is 11.6 Å². The first-order valence-corrected chi connectivity index (χ1v) is 11.4. The summed E-state index contributed by atoms with van der Waals surface area (Å²) in [5.41, 5.74) is 1.47. The van der Waals surface area contributed by atoms with Crippen LogP contribution in [0.15, 0.2) is 72.3 Å². The molecule has 1 aliphatic rings. The van der Waals surface area contributed by atoms with Crippen molar-refractivity contribution in [1.82, 2.24) is 5.32 Å². The van der Waals surface area contributed by atoms with Crippen LogP contribution in [0.5, 0.6) is 17.2 Å². The average Bonchev–Trinajstić information content (AvgIpc) is 2.90. The fourth-order valence-corrected chi connectivity index (χ4v) is 3.64. The molecule has 1 fully saturated rings. The Kier molecular flexibility index (Phi) is 7.77. The van der Waals surface area contributed by atoms with E-state index in [0.717, 1.165) is 10.5 Å². The summed E-state index contributed by atoms with van der Waals surface area (Å²) in [4.78, 5) is 39.1. The van der Waals surface area contributed by atoms with Gasteiger partial charge < -0.3 is 14.2 Å². The van der Waals surface area contributed by atoms with Crippen molar-refractivity contribution in [3.05, 3.63) is 88.5 Å². The van der Waals surface area contributed by atoms with E-state index in [9.17, 15) is 14.4 Å². The van der Waals surface area contributed by atoms with E-state index in [-0.39, 0.29) is 17.9 Å².